The van der Waals surface area contributed by atoms with Crippen molar-refractivity contribution in [1.29, 1.82) is 0 Å². The maximum Gasteiger partial charge on any atom is 0.408 e. The molecule has 0 aliphatic carbocycles. The number of hydrogen-bond donors (Lipinski definition) is 2. The molecule has 3 amide bonds. The van der Waals surface area contributed by atoms with Crippen LogP contribution in [-0.2, 0) is 20.7 Å². The summed E-state index contributed by atoms with van der Waals surface area (Å²) in [5.74, 6) is -0.550. The van der Waals surface area contributed by atoms with E-state index in [0.29, 0.717) is 6.54 Å². The van der Waals surface area contributed by atoms with Crippen molar-refractivity contribution >= 4 is 17.9 Å². The average Bonchev–Trinajstić information content (AvgIpc) is 2.76. The Bertz CT molecular complexity index is 822. The Hall–Kier alpha value is -2.57. The van der Waals surface area contributed by atoms with Gasteiger partial charge in [-0.3, -0.25) is 9.59 Å². The van der Waals surface area contributed by atoms with E-state index < -0.39 is 23.3 Å². The fourth-order valence-electron chi connectivity index (χ4n) is 3.87. The standard InChI is InChI=1S/C29H49N3O4/c1-9-11-12-13-14-15-20-32(24(33)21-30-27(35)36-29(6,7)8)25(26(34)31-28(3,4)5)23-18-16-22(10-2)17-19-23/h16-19,25H,9-15,20-21H2,1-8H3,(H,30,35)(H,31,34). The van der Waals surface area contributed by atoms with Crippen LogP contribution in [0.5, 0.6) is 0 Å². The molecule has 0 saturated heterocycles. The summed E-state index contributed by atoms with van der Waals surface area (Å²) in [6.07, 6.45) is 6.62. The Morgan fingerprint density at radius 3 is 2.00 bits per heavy atom. The summed E-state index contributed by atoms with van der Waals surface area (Å²) in [4.78, 5) is 40.8. The van der Waals surface area contributed by atoms with E-state index >= 15 is 0 Å². The highest BCUT2D eigenvalue weighted by molar-refractivity contribution is 5.90. The number of nitrogens with one attached hydrogen (secondary N) is 2. The Labute approximate surface area is 218 Å². The summed E-state index contributed by atoms with van der Waals surface area (Å²) in [6, 6.07) is 7.06. The van der Waals surface area contributed by atoms with Crippen molar-refractivity contribution in [3.8, 4) is 0 Å². The second-order valence-electron chi connectivity index (χ2n) is 11.4. The Morgan fingerprint density at radius 2 is 1.47 bits per heavy atom. The van der Waals surface area contributed by atoms with E-state index in [2.05, 4.69) is 24.5 Å². The highest BCUT2D eigenvalue weighted by Crippen LogP contribution is 2.24. The van der Waals surface area contributed by atoms with Crippen LogP contribution in [0.3, 0.4) is 0 Å². The second-order valence-corrected chi connectivity index (χ2v) is 11.4. The van der Waals surface area contributed by atoms with E-state index in [1.165, 1.54) is 12.8 Å². The molecule has 36 heavy (non-hydrogen) atoms. The van der Waals surface area contributed by atoms with Gasteiger partial charge in [0.15, 0.2) is 0 Å². The third kappa shape index (κ3) is 12.4. The topological polar surface area (TPSA) is 87.7 Å². The molecule has 0 fully saturated rings. The molecule has 0 radical (unpaired) electrons. The van der Waals surface area contributed by atoms with E-state index in [9.17, 15) is 14.4 Å². The van der Waals surface area contributed by atoms with Crippen molar-refractivity contribution < 1.29 is 19.1 Å². The summed E-state index contributed by atoms with van der Waals surface area (Å²) < 4.78 is 5.29. The number of benzene rings is 1. The Morgan fingerprint density at radius 1 is 0.889 bits per heavy atom. The Balaban J connectivity index is 3.20. The third-order valence-corrected chi connectivity index (χ3v) is 5.62. The van der Waals surface area contributed by atoms with Crippen LogP contribution < -0.4 is 10.6 Å². The van der Waals surface area contributed by atoms with Crippen LogP contribution in [-0.4, -0.2) is 47.0 Å². The van der Waals surface area contributed by atoms with E-state index in [4.69, 9.17) is 4.74 Å². The molecule has 1 unspecified atom stereocenters. The summed E-state index contributed by atoms with van der Waals surface area (Å²) in [7, 11) is 0. The first-order valence-electron chi connectivity index (χ1n) is 13.4. The zero-order valence-electron chi connectivity index (χ0n) is 23.8. The average molecular weight is 504 g/mol. The van der Waals surface area contributed by atoms with Crippen LogP contribution in [0.1, 0.15) is 111 Å². The lowest BCUT2D eigenvalue weighted by atomic mass is 9.99. The van der Waals surface area contributed by atoms with Crippen molar-refractivity contribution in [2.24, 2.45) is 0 Å². The first-order chi connectivity index (χ1) is 16.8. The van der Waals surface area contributed by atoms with Crippen LogP contribution in [0, 0.1) is 0 Å². The molecule has 0 aromatic heterocycles. The maximum absolute atomic E-state index is 13.5. The minimum Gasteiger partial charge on any atom is -0.444 e. The molecule has 204 valence electrons. The molecule has 0 aliphatic rings. The van der Waals surface area contributed by atoms with Crippen LogP contribution in [0.25, 0.3) is 0 Å². The zero-order valence-corrected chi connectivity index (χ0v) is 23.8. The van der Waals surface area contributed by atoms with Crippen molar-refractivity contribution in [2.45, 2.75) is 118 Å². The monoisotopic (exact) mass is 503 g/mol. The highest BCUT2D eigenvalue weighted by atomic mass is 16.6. The summed E-state index contributed by atoms with van der Waals surface area (Å²) in [6.45, 7) is 15.5. The number of ether oxygens (including phenoxy) is 1. The summed E-state index contributed by atoms with van der Waals surface area (Å²) in [5, 5.41) is 5.62. The quantitative estimate of drug-likeness (QED) is 0.327. The smallest absolute Gasteiger partial charge is 0.408 e. The normalized spacial score (nSPS) is 12.6. The van der Waals surface area contributed by atoms with Crippen LogP contribution in [0.2, 0.25) is 0 Å². The lowest BCUT2D eigenvalue weighted by Gasteiger charge is -2.34. The van der Waals surface area contributed by atoms with Crippen molar-refractivity contribution in [2.75, 3.05) is 13.1 Å². The molecule has 2 N–H and O–H groups in total. The number of aryl methyl sites for hydroxylation is 1. The molecule has 7 heteroatoms. The number of unbranched alkanes of at least 4 members (excludes halogenated alkanes) is 5. The van der Waals surface area contributed by atoms with Gasteiger partial charge in [0.05, 0.1) is 0 Å². The molecule has 1 aromatic rings. The summed E-state index contributed by atoms with van der Waals surface area (Å²) in [5.41, 5.74) is 0.795. The summed E-state index contributed by atoms with van der Waals surface area (Å²) >= 11 is 0. The van der Waals surface area contributed by atoms with Gasteiger partial charge in [0.1, 0.15) is 18.2 Å². The molecule has 0 bridgehead atoms. The van der Waals surface area contributed by atoms with Gasteiger partial charge < -0.3 is 20.3 Å². The van der Waals surface area contributed by atoms with Gasteiger partial charge in [-0.25, -0.2) is 4.79 Å². The number of amides is 3. The molecule has 7 nitrogen and oxygen atoms in total. The Kier molecular flexibility index (Phi) is 13.0. The van der Waals surface area contributed by atoms with Gasteiger partial charge in [-0.15, -0.1) is 0 Å². The predicted molar refractivity (Wildman–Crippen MR) is 146 cm³/mol. The van der Waals surface area contributed by atoms with Crippen LogP contribution in [0.4, 0.5) is 4.79 Å². The number of rotatable bonds is 13. The van der Waals surface area contributed by atoms with Crippen molar-refractivity contribution in [1.82, 2.24) is 15.5 Å². The van der Waals surface area contributed by atoms with E-state index in [1.54, 1.807) is 25.7 Å². The maximum atomic E-state index is 13.5. The van der Waals surface area contributed by atoms with E-state index in [1.807, 2.05) is 45.0 Å². The number of carbonyl (C=O) groups is 3. The largest absolute Gasteiger partial charge is 0.444 e. The minimum absolute atomic E-state index is 0.233. The molecule has 0 spiro atoms. The molecule has 1 atom stereocenters. The predicted octanol–water partition coefficient (Wildman–Crippen LogP) is 5.92. The number of nitrogens with zero attached hydrogens (tertiary/aromatic N) is 1. The third-order valence-electron chi connectivity index (χ3n) is 5.62. The number of hydrogen-bond acceptors (Lipinski definition) is 4. The zero-order chi connectivity index (χ0) is 27.4. The fourth-order valence-corrected chi connectivity index (χ4v) is 3.87. The van der Waals surface area contributed by atoms with E-state index in [-0.39, 0.29) is 18.4 Å². The van der Waals surface area contributed by atoms with Crippen molar-refractivity contribution in [3.05, 3.63) is 35.4 Å². The van der Waals surface area contributed by atoms with Gasteiger partial charge in [0.2, 0.25) is 11.8 Å². The SMILES string of the molecule is CCCCCCCCN(C(=O)CNC(=O)OC(C)(C)C)C(C(=O)NC(C)(C)C)c1ccc(CC)cc1. The number of carbonyl (C=O) groups excluding carboxylic acids is 3. The molecule has 0 saturated carbocycles. The van der Waals surface area contributed by atoms with Gasteiger partial charge in [-0.05, 0) is 65.5 Å². The molecule has 1 rings (SSSR count). The number of alkyl carbamates (subject to hydrolysis) is 1. The lowest BCUT2D eigenvalue weighted by Crippen LogP contribution is -2.51. The highest BCUT2D eigenvalue weighted by Gasteiger charge is 2.33. The van der Waals surface area contributed by atoms with Crippen LogP contribution in [0.15, 0.2) is 24.3 Å². The molecular formula is C29H49N3O4. The van der Waals surface area contributed by atoms with Gasteiger partial charge >= 0.3 is 6.09 Å². The first kappa shape index (κ1) is 31.5. The van der Waals surface area contributed by atoms with Gasteiger partial charge in [-0.1, -0.05) is 70.2 Å². The molecule has 0 aliphatic heterocycles. The van der Waals surface area contributed by atoms with Gasteiger partial charge in [-0.2, -0.15) is 0 Å². The van der Waals surface area contributed by atoms with Gasteiger partial charge in [0.25, 0.3) is 0 Å². The lowest BCUT2D eigenvalue weighted by molar-refractivity contribution is -0.141. The molecule has 0 heterocycles. The second kappa shape index (κ2) is 14.9. The first-order valence-corrected chi connectivity index (χ1v) is 13.4. The molecule has 1 aromatic carbocycles. The van der Waals surface area contributed by atoms with Crippen LogP contribution >= 0.6 is 0 Å². The fraction of sp³-hybridized carbons (Fsp3) is 0.690. The minimum atomic E-state index is -0.793. The van der Waals surface area contributed by atoms with Gasteiger partial charge in [0, 0.05) is 12.1 Å². The van der Waals surface area contributed by atoms with E-state index in [0.717, 1.165) is 43.2 Å². The van der Waals surface area contributed by atoms with Crippen molar-refractivity contribution in [3.63, 3.8) is 0 Å². The molecular weight excluding hydrogens is 454 g/mol.